The molecule has 1 aliphatic rings. The molecule has 0 bridgehead atoms. The highest BCUT2D eigenvalue weighted by atomic mass is 16.5. The third-order valence-electron chi connectivity index (χ3n) is 3.67. The van der Waals surface area contributed by atoms with E-state index >= 15 is 0 Å². The number of rotatable bonds is 1. The van der Waals surface area contributed by atoms with Gasteiger partial charge in [0.05, 0.1) is 0 Å². The van der Waals surface area contributed by atoms with Crippen LogP contribution in [0.25, 0.3) is 0 Å². The maximum atomic E-state index is 12.3. The molecule has 6 nitrogen and oxygen atoms in total. The molecule has 2 atom stereocenters. The molecule has 0 amide bonds. The molecule has 6 heteroatoms. The summed E-state index contributed by atoms with van der Waals surface area (Å²) in [5.74, 6) is -1.28. The number of aromatic hydroxyl groups is 3. The Labute approximate surface area is 125 Å². The Balaban J connectivity index is 2.08. The zero-order valence-corrected chi connectivity index (χ0v) is 11.6. The quantitative estimate of drug-likeness (QED) is 0.640. The summed E-state index contributed by atoms with van der Waals surface area (Å²) in [6.45, 7) is 1.68. The number of carbonyl (C=O) groups is 1. The molecule has 0 saturated heterocycles. The summed E-state index contributed by atoms with van der Waals surface area (Å²) in [6, 6.07) is 6.80. The predicted octanol–water partition coefficient (Wildman–Crippen LogP) is 1.79. The van der Waals surface area contributed by atoms with E-state index in [0.29, 0.717) is 11.1 Å². The molecule has 0 saturated carbocycles. The summed E-state index contributed by atoms with van der Waals surface area (Å²) >= 11 is 0. The number of carbonyl (C=O) groups excluding carboxylic acids is 1. The van der Waals surface area contributed by atoms with Crippen LogP contribution in [0.5, 0.6) is 23.0 Å². The molecule has 3 rings (SSSR count). The van der Waals surface area contributed by atoms with Crippen LogP contribution < -0.4 is 4.74 Å². The lowest BCUT2D eigenvalue weighted by Crippen LogP contribution is -2.36. The Bertz CT molecular complexity index is 767. The fourth-order valence-electron chi connectivity index (χ4n) is 2.52. The van der Waals surface area contributed by atoms with E-state index < -0.39 is 23.7 Å². The number of fused-ring (bicyclic) bond motifs is 1. The van der Waals surface area contributed by atoms with Gasteiger partial charge in [-0.3, -0.25) is 4.79 Å². The summed E-state index contributed by atoms with van der Waals surface area (Å²) in [5, 5.41) is 39.0. The van der Waals surface area contributed by atoms with Gasteiger partial charge in [0.2, 0.25) is 5.78 Å². The van der Waals surface area contributed by atoms with E-state index in [1.54, 1.807) is 13.0 Å². The van der Waals surface area contributed by atoms with Crippen molar-refractivity contribution < 1.29 is 30.0 Å². The van der Waals surface area contributed by atoms with E-state index in [9.17, 15) is 25.2 Å². The first-order valence-corrected chi connectivity index (χ1v) is 6.63. The van der Waals surface area contributed by atoms with E-state index in [-0.39, 0.29) is 22.8 Å². The number of aliphatic hydroxyl groups is 1. The third-order valence-corrected chi connectivity index (χ3v) is 3.67. The highest BCUT2D eigenvalue weighted by molar-refractivity contribution is 6.05. The fourth-order valence-corrected chi connectivity index (χ4v) is 2.52. The number of hydrogen-bond acceptors (Lipinski definition) is 6. The molecule has 114 valence electrons. The smallest absolute Gasteiger partial charge is 0.202 e. The largest absolute Gasteiger partial charge is 0.508 e. The van der Waals surface area contributed by atoms with Gasteiger partial charge in [0, 0.05) is 12.1 Å². The van der Waals surface area contributed by atoms with Gasteiger partial charge in [-0.2, -0.15) is 0 Å². The van der Waals surface area contributed by atoms with Crippen LogP contribution >= 0.6 is 0 Å². The number of benzene rings is 2. The number of ether oxygens (including phenoxy) is 1. The normalized spacial score (nSPS) is 20.4. The van der Waals surface area contributed by atoms with E-state index in [2.05, 4.69) is 0 Å². The highest BCUT2D eigenvalue weighted by Crippen LogP contribution is 2.42. The Kier molecular flexibility index (Phi) is 3.18. The van der Waals surface area contributed by atoms with Crippen molar-refractivity contribution in [3.63, 3.8) is 0 Å². The third kappa shape index (κ3) is 2.14. The van der Waals surface area contributed by atoms with Crippen LogP contribution in [-0.4, -0.2) is 32.3 Å². The molecule has 2 aromatic carbocycles. The lowest BCUT2D eigenvalue weighted by molar-refractivity contribution is 0.0210. The van der Waals surface area contributed by atoms with Gasteiger partial charge in [-0.1, -0.05) is 6.07 Å². The molecule has 0 aliphatic carbocycles. The highest BCUT2D eigenvalue weighted by Gasteiger charge is 2.39. The van der Waals surface area contributed by atoms with Crippen molar-refractivity contribution in [2.45, 2.75) is 19.1 Å². The molecule has 0 unspecified atom stereocenters. The number of aliphatic hydroxyl groups excluding tert-OH is 1. The average molecular weight is 302 g/mol. The van der Waals surface area contributed by atoms with Crippen molar-refractivity contribution in [1.82, 2.24) is 0 Å². The minimum Gasteiger partial charge on any atom is -0.508 e. The number of hydrogen-bond donors (Lipinski definition) is 4. The number of Topliss-reactive ketones (excluding diaryl/α,β-unsaturated/α-hetero) is 1. The number of aryl methyl sites for hydroxylation is 1. The predicted molar refractivity (Wildman–Crippen MR) is 76.3 cm³/mol. The van der Waals surface area contributed by atoms with E-state index in [1.807, 2.05) is 0 Å². The zero-order valence-electron chi connectivity index (χ0n) is 11.6. The molecule has 1 aliphatic heterocycles. The maximum absolute atomic E-state index is 12.3. The molecule has 4 N–H and O–H groups in total. The van der Waals surface area contributed by atoms with Crippen LogP contribution in [0.3, 0.4) is 0 Å². The number of ketones is 1. The Morgan fingerprint density at radius 1 is 1.05 bits per heavy atom. The first kappa shape index (κ1) is 14.2. The molecule has 2 aromatic rings. The Hall–Kier alpha value is -2.73. The average Bonchev–Trinajstić information content (AvgIpc) is 2.45. The molecule has 22 heavy (non-hydrogen) atoms. The van der Waals surface area contributed by atoms with Crippen LogP contribution in [-0.2, 0) is 0 Å². The SMILES string of the molecule is Cc1cc([C@@H]2Oc3cc(O)cc(O)c3C(=O)[C@@H]2O)ccc1O. The molecular formula is C16H14O6. The molecule has 0 radical (unpaired) electrons. The second-order valence-corrected chi connectivity index (χ2v) is 5.23. The molecular weight excluding hydrogens is 288 g/mol. The standard InChI is InChI=1S/C16H14O6/c1-7-4-8(2-3-10(7)18)16-15(21)14(20)13-11(19)5-9(17)6-12(13)22-16/h2-6,15-19,21H,1H3/t15-,16-/m0/s1. The van der Waals surface area contributed by atoms with Gasteiger partial charge in [0.1, 0.15) is 28.6 Å². The van der Waals surface area contributed by atoms with Crippen LogP contribution in [0.2, 0.25) is 0 Å². The van der Waals surface area contributed by atoms with Crippen LogP contribution in [0.15, 0.2) is 30.3 Å². The fraction of sp³-hybridized carbons (Fsp3) is 0.188. The summed E-state index contributed by atoms with van der Waals surface area (Å²) in [4.78, 5) is 12.3. The second kappa shape index (κ2) is 4.92. The summed E-state index contributed by atoms with van der Waals surface area (Å²) in [6.07, 6.45) is -2.48. The van der Waals surface area contributed by atoms with Crippen molar-refractivity contribution in [2.24, 2.45) is 0 Å². The van der Waals surface area contributed by atoms with Gasteiger partial charge in [-0.25, -0.2) is 0 Å². The monoisotopic (exact) mass is 302 g/mol. The van der Waals surface area contributed by atoms with Gasteiger partial charge in [-0.15, -0.1) is 0 Å². The Morgan fingerprint density at radius 2 is 1.77 bits per heavy atom. The summed E-state index contributed by atoms with van der Waals surface area (Å²) in [5.41, 5.74) is 0.923. The molecule has 0 spiro atoms. The van der Waals surface area contributed by atoms with Crippen molar-refractivity contribution in [2.75, 3.05) is 0 Å². The Morgan fingerprint density at radius 3 is 2.45 bits per heavy atom. The van der Waals surface area contributed by atoms with Gasteiger partial charge in [0.15, 0.2) is 12.2 Å². The minimum absolute atomic E-state index is 0.00327. The van der Waals surface area contributed by atoms with E-state index in [4.69, 9.17) is 4.74 Å². The summed E-state index contributed by atoms with van der Waals surface area (Å²) in [7, 11) is 0. The topological polar surface area (TPSA) is 107 Å². The van der Waals surface area contributed by atoms with Gasteiger partial charge in [0.25, 0.3) is 0 Å². The first-order chi connectivity index (χ1) is 10.4. The minimum atomic E-state index is -1.49. The van der Waals surface area contributed by atoms with Gasteiger partial charge < -0.3 is 25.2 Å². The first-order valence-electron chi connectivity index (χ1n) is 6.63. The zero-order chi connectivity index (χ0) is 16.0. The van der Waals surface area contributed by atoms with Crippen molar-refractivity contribution in [3.8, 4) is 23.0 Å². The second-order valence-electron chi connectivity index (χ2n) is 5.23. The van der Waals surface area contributed by atoms with E-state index in [0.717, 1.165) is 6.07 Å². The molecule has 0 fully saturated rings. The van der Waals surface area contributed by atoms with Gasteiger partial charge >= 0.3 is 0 Å². The van der Waals surface area contributed by atoms with Crippen LogP contribution in [0.4, 0.5) is 0 Å². The van der Waals surface area contributed by atoms with Crippen molar-refractivity contribution in [1.29, 1.82) is 0 Å². The lowest BCUT2D eigenvalue weighted by atomic mass is 9.92. The molecule has 1 heterocycles. The molecule has 0 aromatic heterocycles. The number of phenols is 3. The van der Waals surface area contributed by atoms with Gasteiger partial charge in [-0.05, 0) is 30.2 Å². The number of phenolic OH excluding ortho intramolecular Hbond substituents is 3. The van der Waals surface area contributed by atoms with Crippen LogP contribution in [0, 0.1) is 6.92 Å². The van der Waals surface area contributed by atoms with Crippen molar-refractivity contribution >= 4 is 5.78 Å². The van der Waals surface area contributed by atoms with Crippen LogP contribution in [0.1, 0.15) is 27.6 Å². The summed E-state index contributed by atoms with van der Waals surface area (Å²) < 4.78 is 5.58. The lowest BCUT2D eigenvalue weighted by Gasteiger charge is -2.30. The van der Waals surface area contributed by atoms with E-state index in [1.165, 1.54) is 18.2 Å². The van der Waals surface area contributed by atoms with Crippen molar-refractivity contribution in [3.05, 3.63) is 47.0 Å². The maximum Gasteiger partial charge on any atom is 0.202 e.